The number of carbonyl (C=O) groups is 1. The smallest absolute Gasteiger partial charge is 0.497 e. The predicted octanol–water partition coefficient (Wildman–Crippen LogP) is 1.04. The van der Waals surface area contributed by atoms with Gasteiger partial charge in [0.2, 0.25) is 5.56 Å². The SMILES string of the molecule is CN1CCC1.COc1ccc(C)c(C(=O)NC2(c3cccc4[nH]c(=O)ccc34)CC2)c1.[CH3-].[Cs+]. The fourth-order valence-corrected chi connectivity index (χ4v) is 3.92. The Morgan fingerprint density at radius 1 is 1.12 bits per heavy atom. The number of ether oxygens (including phenoxy) is 1. The molecule has 3 aromatic rings. The van der Waals surface area contributed by atoms with Crippen molar-refractivity contribution < 1.29 is 78.4 Å². The van der Waals surface area contributed by atoms with Gasteiger partial charge in [0.15, 0.2) is 0 Å². The largest absolute Gasteiger partial charge is 1.00 e. The molecule has 1 saturated carbocycles. The number of amides is 1. The van der Waals surface area contributed by atoms with E-state index < -0.39 is 0 Å². The minimum Gasteiger partial charge on any atom is -0.497 e. The summed E-state index contributed by atoms with van der Waals surface area (Å²) in [7, 11) is 3.73. The molecular weight excluding hydrogens is 535 g/mol. The molecule has 6 nitrogen and oxygen atoms in total. The van der Waals surface area contributed by atoms with Gasteiger partial charge in [-0.05, 0) is 81.7 Å². The molecular formula is C26H32CsN3O3. The number of aromatic nitrogens is 1. The van der Waals surface area contributed by atoms with Gasteiger partial charge in [-0.2, -0.15) is 0 Å². The van der Waals surface area contributed by atoms with Gasteiger partial charge in [-0.25, -0.2) is 0 Å². The van der Waals surface area contributed by atoms with Crippen molar-refractivity contribution in [2.75, 3.05) is 27.2 Å². The Hall–Kier alpha value is -1.07. The van der Waals surface area contributed by atoms with Gasteiger partial charge in [-0.1, -0.05) is 18.2 Å². The van der Waals surface area contributed by atoms with Crippen molar-refractivity contribution in [3.63, 3.8) is 0 Å². The van der Waals surface area contributed by atoms with E-state index in [1.54, 1.807) is 13.2 Å². The number of benzene rings is 2. The number of hydrogen-bond donors (Lipinski definition) is 2. The number of methoxy groups -OCH3 is 1. The molecule has 170 valence electrons. The second-order valence-corrected chi connectivity index (χ2v) is 8.46. The Labute approximate surface area is 254 Å². The van der Waals surface area contributed by atoms with E-state index in [-0.39, 0.29) is 93.3 Å². The van der Waals surface area contributed by atoms with E-state index in [1.807, 2.05) is 43.3 Å². The maximum Gasteiger partial charge on any atom is 1.00 e. The van der Waals surface area contributed by atoms with Gasteiger partial charge in [0.05, 0.1) is 12.6 Å². The summed E-state index contributed by atoms with van der Waals surface area (Å²) < 4.78 is 5.25. The number of pyridine rings is 1. The monoisotopic (exact) mass is 567 g/mol. The van der Waals surface area contributed by atoms with Crippen LogP contribution in [0.1, 0.15) is 40.7 Å². The van der Waals surface area contributed by atoms with Crippen molar-refractivity contribution in [1.29, 1.82) is 0 Å². The van der Waals surface area contributed by atoms with E-state index in [0.29, 0.717) is 11.3 Å². The Morgan fingerprint density at radius 2 is 1.82 bits per heavy atom. The first-order valence-electron chi connectivity index (χ1n) is 10.7. The van der Waals surface area contributed by atoms with Crippen LogP contribution >= 0.6 is 0 Å². The van der Waals surface area contributed by atoms with Crippen LogP contribution in [0, 0.1) is 14.4 Å². The van der Waals surface area contributed by atoms with E-state index in [0.717, 1.165) is 34.9 Å². The quantitative estimate of drug-likeness (QED) is 0.463. The second-order valence-electron chi connectivity index (χ2n) is 8.46. The van der Waals surface area contributed by atoms with Crippen LogP contribution in [0.5, 0.6) is 5.75 Å². The van der Waals surface area contributed by atoms with Crippen LogP contribution < -0.4 is 84.5 Å². The van der Waals surface area contributed by atoms with Crippen molar-refractivity contribution in [2.45, 2.75) is 31.7 Å². The average Bonchev–Trinajstić information content (AvgIpc) is 3.52. The molecule has 0 bridgehead atoms. The van der Waals surface area contributed by atoms with Gasteiger partial charge in [0.1, 0.15) is 5.75 Å². The molecule has 0 atom stereocenters. The minimum atomic E-state index is -0.385. The number of fused-ring (bicyclic) bond motifs is 1. The summed E-state index contributed by atoms with van der Waals surface area (Å²) in [6, 6.07) is 14.7. The van der Waals surface area contributed by atoms with Gasteiger partial charge in [-0.3, -0.25) is 9.59 Å². The molecule has 0 radical (unpaired) electrons. The molecule has 1 aliphatic carbocycles. The van der Waals surface area contributed by atoms with Gasteiger partial charge < -0.3 is 27.4 Å². The fourth-order valence-electron chi connectivity index (χ4n) is 3.92. The molecule has 1 amide bonds. The van der Waals surface area contributed by atoms with Crippen LogP contribution in [-0.2, 0) is 5.54 Å². The van der Waals surface area contributed by atoms with Gasteiger partial charge in [-0.15, -0.1) is 0 Å². The zero-order valence-electron chi connectivity index (χ0n) is 20.3. The van der Waals surface area contributed by atoms with Crippen molar-refractivity contribution in [1.82, 2.24) is 15.2 Å². The zero-order chi connectivity index (χ0) is 22.0. The number of nitrogens with zero attached hydrogens (tertiary/aromatic N) is 1. The topological polar surface area (TPSA) is 74.4 Å². The van der Waals surface area contributed by atoms with Crippen LogP contribution in [0.15, 0.2) is 53.3 Å². The van der Waals surface area contributed by atoms with Crippen molar-refractivity contribution >= 4 is 16.8 Å². The fraction of sp³-hybridized carbons (Fsp3) is 0.346. The number of hydrogen-bond acceptors (Lipinski definition) is 4. The van der Waals surface area contributed by atoms with Crippen LogP contribution in [0.25, 0.3) is 10.9 Å². The standard InChI is InChI=1S/C21H20N2O3.C4H9N.CH3.Cs/c1-13-6-7-14(26-2)12-16(13)20(25)23-21(10-11-21)17-4-3-5-18-15(17)8-9-19(24)22-18;1-5-3-2-4-5;;/h3-9,12H,10-11H2,1-2H3,(H,22,24)(H,23,25);2-4H2,1H3;1H3;/q;;-1;+1. The summed E-state index contributed by atoms with van der Waals surface area (Å²) in [4.78, 5) is 29.7. The van der Waals surface area contributed by atoms with Crippen LogP contribution in [-0.4, -0.2) is 43.0 Å². The average molecular weight is 567 g/mol. The first-order chi connectivity index (χ1) is 14.9. The number of likely N-dealkylation sites (tertiary alicyclic amines) is 1. The molecule has 2 N–H and O–H groups in total. The van der Waals surface area contributed by atoms with Crippen LogP contribution in [0.3, 0.4) is 0 Å². The number of aromatic amines is 1. The number of aryl methyl sites for hydroxylation is 1. The normalized spacial score (nSPS) is 15.6. The molecule has 0 spiro atoms. The third-order valence-corrected chi connectivity index (χ3v) is 6.15. The molecule has 1 aliphatic heterocycles. The summed E-state index contributed by atoms with van der Waals surface area (Å²) in [6.07, 6.45) is 3.16. The molecule has 0 unspecified atom stereocenters. The van der Waals surface area contributed by atoms with E-state index in [9.17, 15) is 9.59 Å². The Kier molecular flexibility index (Phi) is 10.3. The van der Waals surface area contributed by atoms with E-state index in [4.69, 9.17) is 4.74 Å². The summed E-state index contributed by atoms with van der Waals surface area (Å²) in [5.74, 6) is 0.550. The van der Waals surface area contributed by atoms with Gasteiger partial charge in [0.25, 0.3) is 5.91 Å². The second kappa shape index (κ2) is 12.1. The van der Waals surface area contributed by atoms with Gasteiger partial charge in [0, 0.05) is 22.5 Å². The van der Waals surface area contributed by atoms with Crippen LogP contribution in [0.2, 0.25) is 0 Å². The third kappa shape index (κ3) is 6.54. The first-order valence-corrected chi connectivity index (χ1v) is 10.7. The number of carbonyl (C=O) groups excluding carboxylic acids is 1. The van der Waals surface area contributed by atoms with E-state index in [2.05, 4.69) is 22.2 Å². The molecule has 2 fully saturated rings. The Balaban J connectivity index is 0.000000490. The number of rotatable bonds is 4. The molecule has 5 rings (SSSR count). The summed E-state index contributed by atoms with van der Waals surface area (Å²) in [5.41, 5.74) is 2.83. The predicted molar refractivity (Wildman–Crippen MR) is 129 cm³/mol. The van der Waals surface area contributed by atoms with Crippen molar-refractivity contribution in [2.24, 2.45) is 0 Å². The van der Waals surface area contributed by atoms with E-state index in [1.165, 1.54) is 25.6 Å². The molecule has 33 heavy (non-hydrogen) atoms. The molecule has 2 heterocycles. The molecule has 2 aromatic carbocycles. The third-order valence-electron chi connectivity index (χ3n) is 6.15. The Morgan fingerprint density at radius 3 is 2.39 bits per heavy atom. The van der Waals surface area contributed by atoms with Gasteiger partial charge >= 0.3 is 68.9 Å². The maximum absolute atomic E-state index is 12.9. The molecule has 1 saturated heterocycles. The van der Waals surface area contributed by atoms with E-state index >= 15 is 0 Å². The summed E-state index contributed by atoms with van der Waals surface area (Å²) in [6.45, 7) is 4.55. The first kappa shape index (κ1) is 28.2. The Bertz CT molecular complexity index is 1170. The maximum atomic E-state index is 12.9. The number of H-pyrrole nitrogens is 1. The van der Waals surface area contributed by atoms with Crippen molar-refractivity contribution in [3.8, 4) is 5.75 Å². The van der Waals surface area contributed by atoms with Crippen molar-refractivity contribution in [3.05, 3.63) is 83.0 Å². The van der Waals surface area contributed by atoms with Crippen LogP contribution in [0.4, 0.5) is 0 Å². The minimum absolute atomic E-state index is 0. The zero-order valence-corrected chi connectivity index (χ0v) is 26.6. The molecule has 2 aliphatic rings. The molecule has 1 aromatic heterocycles. The number of nitrogens with one attached hydrogen (secondary N) is 2. The summed E-state index contributed by atoms with van der Waals surface area (Å²) in [5, 5.41) is 4.18. The molecule has 7 heteroatoms. The summed E-state index contributed by atoms with van der Waals surface area (Å²) >= 11 is 0.